The quantitative estimate of drug-likeness (QED) is 0.216. The Hall–Kier alpha value is -3.96. The number of anilines is 1. The number of hydrogen-bond acceptors (Lipinski definition) is 7. The molecule has 2 aromatic heterocycles. The second-order valence-corrected chi connectivity index (χ2v) is 12.3. The molecule has 0 atom stereocenters. The van der Waals surface area contributed by atoms with Crippen LogP contribution in [0.15, 0.2) is 60.7 Å². The molecule has 0 saturated heterocycles. The van der Waals surface area contributed by atoms with Crippen molar-refractivity contribution in [3.05, 3.63) is 76.8 Å². The highest BCUT2D eigenvalue weighted by Crippen LogP contribution is 2.38. The fourth-order valence-corrected chi connectivity index (χ4v) is 6.74. The number of sulfonamides is 1. The van der Waals surface area contributed by atoms with Crippen molar-refractivity contribution in [3.63, 3.8) is 0 Å². The predicted molar refractivity (Wildman–Crippen MR) is 159 cm³/mol. The summed E-state index contributed by atoms with van der Waals surface area (Å²) in [5, 5.41) is 1.68. The monoisotopic (exact) mass is 580 g/mol. The van der Waals surface area contributed by atoms with Crippen LogP contribution in [0.3, 0.4) is 0 Å². The SMILES string of the molecule is CCNC(=O)S(=O)(=O)Nc1sc(CC(C)C)cc1-c1ccc(Cn2c(-c3ccccc3)nc(C=O)c2OC)cc1. The van der Waals surface area contributed by atoms with Crippen molar-refractivity contribution in [1.29, 1.82) is 0 Å². The maximum Gasteiger partial charge on any atom is 0.357 e. The Morgan fingerprint density at radius 1 is 1.10 bits per heavy atom. The van der Waals surface area contributed by atoms with E-state index in [0.717, 1.165) is 28.0 Å². The minimum Gasteiger partial charge on any atom is -0.480 e. The highest BCUT2D eigenvalue weighted by atomic mass is 32.2. The van der Waals surface area contributed by atoms with E-state index in [4.69, 9.17) is 4.74 Å². The standard InChI is InChI=1S/C29H32N4O5S2/c1-5-30-29(35)40(36,37)32-27-24(16-23(39-27)15-19(2)3)21-13-11-20(12-14-21)17-33-26(22-9-7-6-8-10-22)31-25(18-34)28(33)38-4/h6-14,16,18-19,32H,5,15,17H2,1-4H3,(H,30,35). The van der Waals surface area contributed by atoms with Gasteiger partial charge in [-0.15, -0.1) is 11.3 Å². The molecule has 9 nitrogen and oxygen atoms in total. The summed E-state index contributed by atoms with van der Waals surface area (Å²) >= 11 is 1.33. The van der Waals surface area contributed by atoms with Gasteiger partial charge in [0.25, 0.3) is 0 Å². The molecule has 2 N–H and O–H groups in total. The van der Waals surface area contributed by atoms with E-state index >= 15 is 0 Å². The van der Waals surface area contributed by atoms with Crippen LogP contribution >= 0.6 is 11.3 Å². The van der Waals surface area contributed by atoms with Crippen LogP contribution in [0.1, 0.15) is 41.7 Å². The van der Waals surface area contributed by atoms with Gasteiger partial charge in [0.2, 0.25) is 5.88 Å². The molecular formula is C29H32N4O5S2. The van der Waals surface area contributed by atoms with Crippen molar-refractivity contribution >= 4 is 37.9 Å². The molecule has 11 heteroatoms. The maximum atomic E-state index is 12.6. The second kappa shape index (κ2) is 12.5. The van der Waals surface area contributed by atoms with Crippen LogP contribution in [0.25, 0.3) is 22.5 Å². The lowest BCUT2D eigenvalue weighted by atomic mass is 10.0. The van der Waals surface area contributed by atoms with E-state index in [0.29, 0.717) is 41.0 Å². The number of nitrogens with one attached hydrogen (secondary N) is 2. The van der Waals surface area contributed by atoms with Gasteiger partial charge in [-0.2, -0.15) is 8.42 Å². The second-order valence-electron chi connectivity index (χ2n) is 9.57. The van der Waals surface area contributed by atoms with Crippen LogP contribution in [-0.2, 0) is 23.0 Å². The van der Waals surface area contributed by atoms with Gasteiger partial charge in [-0.05, 0) is 36.5 Å². The average Bonchev–Trinajstić information content (AvgIpc) is 3.49. The zero-order valence-electron chi connectivity index (χ0n) is 22.8. The lowest BCUT2D eigenvalue weighted by molar-refractivity contribution is 0.111. The molecule has 0 spiro atoms. The van der Waals surface area contributed by atoms with Crippen LogP contribution in [-0.4, -0.2) is 43.1 Å². The molecule has 2 aromatic carbocycles. The summed E-state index contributed by atoms with van der Waals surface area (Å²) in [6.07, 6.45) is 1.46. The first-order valence-corrected chi connectivity index (χ1v) is 15.1. The van der Waals surface area contributed by atoms with Crippen molar-refractivity contribution in [2.45, 2.75) is 33.7 Å². The minimum atomic E-state index is -4.25. The Labute approximate surface area is 238 Å². The molecule has 0 saturated carbocycles. The molecule has 4 aromatic rings. The van der Waals surface area contributed by atoms with Crippen molar-refractivity contribution in [2.24, 2.45) is 5.92 Å². The van der Waals surface area contributed by atoms with Crippen LogP contribution in [0.5, 0.6) is 5.88 Å². The van der Waals surface area contributed by atoms with E-state index in [9.17, 15) is 18.0 Å². The average molecular weight is 581 g/mol. The normalized spacial score (nSPS) is 11.4. The molecule has 40 heavy (non-hydrogen) atoms. The lowest BCUT2D eigenvalue weighted by Crippen LogP contribution is -2.33. The maximum absolute atomic E-state index is 12.6. The summed E-state index contributed by atoms with van der Waals surface area (Å²) in [6.45, 7) is 6.45. The number of aromatic nitrogens is 2. The third-order valence-electron chi connectivity index (χ3n) is 6.07. The topological polar surface area (TPSA) is 119 Å². The van der Waals surface area contributed by atoms with Crippen LogP contribution in [0, 0.1) is 5.92 Å². The number of rotatable bonds is 11. The molecule has 2 heterocycles. The molecule has 0 unspecified atom stereocenters. The summed E-state index contributed by atoms with van der Waals surface area (Å²) in [6, 6.07) is 19.2. The molecule has 0 aliphatic rings. The van der Waals surface area contributed by atoms with Crippen molar-refractivity contribution in [3.8, 4) is 28.4 Å². The van der Waals surface area contributed by atoms with Gasteiger partial charge in [0.15, 0.2) is 12.0 Å². The fourth-order valence-electron chi connectivity index (χ4n) is 4.32. The van der Waals surface area contributed by atoms with Crippen LogP contribution in [0.2, 0.25) is 0 Å². The number of imidazole rings is 1. The number of amides is 1. The number of aldehydes is 1. The summed E-state index contributed by atoms with van der Waals surface area (Å²) in [7, 11) is -2.74. The fraction of sp³-hybridized carbons (Fsp3) is 0.276. The molecule has 0 aliphatic carbocycles. The number of hydrogen-bond donors (Lipinski definition) is 2. The highest BCUT2D eigenvalue weighted by Gasteiger charge is 2.25. The van der Waals surface area contributed by atoms with E-state index < -0.39 is 15.3 Å². The third-order valence-corrected chi connectivity index (χ3v) is 8.38. The first-order chi connectivity index (χ1) is 19.2. The molecule has 0 radical (unpaired) electrons. The van der Waals surface area contributed by atoms with Crippen LogP contribution in [0.4, 0.5) is 9.80 Å². The summed E-state index contributed by atoms with van der Waals surface area (Å²) in [5.74, 6) is 1.36. The zero-order valence-corrected chi connectivity index (χ0v) is 24.4. The van der Waals surface area contributed by atoms with Crippen molar-refractivity contribution in [2.75, 3.05) is 18.4 Å². The summed E-state index contributed by atoms with van der Waals surface area (Å²) in [5.41, 5.74) is 3.51. The van der Waals surface area contributed by atoms with E-state index in [1.54, 1.807) is 6.92 Å². The van der Waals surface area contributed by atoms with Gasteiger partial charge in [0.05, 0.1) is 13.7 Å². The van der Waals surface area contributed by atoms with Crippen molar-refractivity contribution < 1.29 is 22.7 Å². The number of thiophene rings is 1. The molecule has 1 amide bonds. The molecule has 0 fully saturated rings. The molecule has 0 bridgehead atoms. The van der Waals surface area contributed by atoms with E-state index in [-0.39, 0.29) is 12.2 Å². The van der Waals surface area contributed by atoms with Gasteiger partial charge in [-0.1, -0.05) is 68.4 Å². The first-order valence-electron chi connectivity index (χ1n) is 12.8. The largest absolute Gasteiger partial charge is 0.480 e. The Morgan fingerprint density at radius 2 is 1.80 bits per heavy atom. The van der Waals surface area contributed by atoms with Gasteiger partial charge in [-0.3, -0.25) is 18.9 Å². The first kappa shape index (κ1) is 29.0. The molecule has 4 rings (SSSR count). The van der Waals surface area contributed by atoms with Gasteiger partial charge < -0.3 is 10.1 Å². The van der Waals surface area contributed by atoms with E-state index in [1.165, 1.54) is 18.4 Å². The van der Waals surface area contributed by atoms with Gasteiger partial charge in [-0.25, -0.2) is 4.98 Å². The Balaban J connectivity index is 1.68. The Kier molecular flexibility index (Phi) is 9.06. The number of methoxy groups -OCH3 is 1. The Bertz CT molecular complexity index is 1590. The van der Waals surface area contributed by atoms with Gasteiger partial charge in [0.1, 0.15) is 10.8 Å². The Morgan fingerprint density at radius 3 is 2.40 bits per heavy atom. The summed E-state index contributed by atoms with van der Waals surface area (Å²) in [4.78, 5) is 29.3. The van der Waals surface area contributed by atoms with Crippen LogP contribution < -0.4 is 14.8 Å². The highest BCUT2D eigenvalue weighted by molar-refractivity contribution is 8.07. The lowest BCUT2D eigenvalue weighted by Gasteiger charge is -2.12. The number of nitrogens with zero attached hydrogens (tertiary/aromatic N) is 2. The zero-order chi connectivity index (χ0) is 28.9. The van der Waals surface area contributed by atoms with E-state index in [2.05, 4.69) is 28.9 Å². The predicted octanol–water partition coefficient (Wildman–Crippen LogP) is 5.82. The molecular weight excluding hydrogens is 548 g/mol. The third kappa shape index (κ3) is 6.43. The smallest absolute Gasteiger partial charge is 0.357 e. The van der Waals surface area contributed by atoms with Crippen molar-refractivity contribution in [1.82, 2.24) is 14.9 Å². The minimum absolute atomic E-state index is 0.207. The number of carbonyl (C=O) groups is 2. The van der Waals surface area contributed by atoms with E-state index in [1.807, 2.05) is 65.2 Å². The molecule has 0 aliphatic heterocycles. The summed E-state index contributed by atoms with van der Waals surface area (Å²) < 4.78 is 35.2. The number of ether oxygens (including phenoxy) is 1. The molecule has 210 valence electrons. The van der Waals surface area contributed by atoms with Gasteiger partial charge >= 0.3 is 15.3 Å². The number of carbonyl (C=O) groups excluding carboxylic acids is 2. The number of benzene rings is 2. The van der Waals surface area contributed by atoms with Gasteiger partial charge in [0, 0.05) is 22.5 Å².